The van der Waals surface area contributed by atoms with Gasteiger partial charge < -0.3 is 10.2 Å². The van der Waals surface area contributed by atoms with Crippen molar-refractivity contribution in [1.29, 1.82) is 0 Å². The molecule has 2 aromatic carbocycles. The SMILES string of the molecule is C=C.O=S(CCN1CCC(Cc2ccccc2)C(O)C1)c1ccc(O)cc1. The zero-order valence-corrected chi connectivity index (χ0v) is 16.5. The molecule has 0 aromatic heterocycles. The molecule has 0 aliphatic carbocycles. The topological polar surface area (TPSA) is 60.8 Å². The molecule has 0 saturated carbocycles. The first-order valence-electron chi connectivity index (χ1n) is 9.23. The number of phenolic OH excluding ortho intramolecular Hbond substituents is 1. The third kappa shape index (κ3) is 6.61. The Morgan fingerprint density at radius 1 is 1.07 bits per heavy atom. The second-order valence-electron chi connectivity index (χ2n) is 6.65. The minimum atomic E-state index is -1.08. The van der Waals surface area contributed by atoms with E-state index < -0.39 is 10.8 Å². The van der Waals surface area contributed by atoms with Gasteiger partial charge >= 0.3 is 0 Å². The van der Waals surface area contributed by atoms with Gasteiger partial charge in [-0.1, -0.05) is 30.3 Å². The number of aliphatic hydroxyl groups is 1. The van der Waals surface area contributed by atoms with Crippen LogP contribution in [0.25, 0.3) is 0 Å². The molecule has 1 heterocycles. The van der Waals surface area contributed by atoms with E-state index in [0.29, 0.717) is 24.8 Å². The van der Waals surface area contributed by atoms with E-state index in [-0.39, 0.29) is 11.9 Å². The maximum absolute atomic E-state index is 12.3. The second-order valence-corrected chi connectivity index (χ2v) is 8.22. The largest absolute Gasteiger partial charge is 0.508 e. The first-order chi connectivity index (χ1) is 13.1. The highest BCUT2D eigenvalue weighted by Crippen LogP contribution is 2.22. The average molecular weight is 388 g/mol. The monoisotopic (exact) mass is 387 g/mol. The molecule has 1 aliphatic heterocycles. The van der Waals surface area contributed by atoms with Crippen LogP contribution in [0.4, 0.5) is 0 Å². The molecule has 1 aliphatic rings. The predicted molar refractivity (Wildman–Crippen MR) is 111 cm³/mol. The van der Waals surface area contributed by atoms with Gasteiger partial charge in [-0.3, -0.25) is 9.11 Å². The molecule has 3 unspecified atom stereocenters. The van der Waals surface area contributed by atoms with Gasteiger partial charge in [-0.15, -0.1) is 13.2 Å². The Hall–Kier alpha value is -1.95. The number of rotatable bonds is 6. The van der Waals surface area contributed by atoms with Gasteiger partial charge in [0.25, 0.3) is 0 Å². The molecule has 0 amide bonds. The fourth-order valence-corrected chi connectivity index (χ4v) is 4.43. The molecule has 2 N–H and O–H groups in total. The number of aliphatic hydroxyl groups excluding tert-OH is 1. The van der Waals surface area contributed by atoms with Crippen molar-refractivity contribution in [2.75, 3.05) is 25.4 Å². The van der Waals surface area contributed by atoms with E-state index in [2.05, 4.69) is 30.2 Å². The number of likely N-dealkylation sites (tertiary alicyclic amines) is 1. The van der Waals surface area contributed by atoms with Crippen LogP contribution in [0.3, 0.4) is 0 Å². The van der Waals surface area contributed by atoms with E-state index >= 15 is 0 Å². The van der Waals surface area contributed by atoms with Crippen molar-refractivity contribution in [3.05, 3.63) is 73.3 Å². The third-order valence-corrected chi connectivity index (χ3v) is 6.19. The molecule has 5 heteroatoms. The quantitative estimate of drug-likeness (QED) is 0.747. The number of hydrogen-bond acceptors (Lipinski definition) is 4. The zero-order chi connectivity index (χ0) is 19.6. The Morgan fingerprint density at radius 2 is 1.74 bits per heavy atom. The van der Waals surface area contributed by atoms with Crippen LogP contribution in [-0.4, -0.2) is 50.8 Å². The predicted octanol–water partition coefficient (Wildman–Crippen LogP) is 3.23. The maximum atomic E-state index is 12.3. The summed E-state index contributed by atoms with van der Waals surface area (Å²) in [5.41, 5.74) is 1.27. The summed E-state index contributed by atoms with van der Waals surface area (Å²) < 4.78 is 12.3. The highest BCUT2D eigenvalue weighted by molar-refractivity contribution is 7.85. The van der Waals surface area contributed by atoms with Crippen LogP contribution in [-0.2, 0) is 17.2 Å². The average Bonchev–Trinajstić information content (AvgIpc) is 2.71. The summed E-state index contributed by atoms with van der Waals surface area (Å²) in [6, 6.07) is 16.8. The fraction of sp³-hybridized carbons (Fsp3) is 0.364. The smallest absolute Gasteiger partial charge is 0.115 e. The summed E-state index contributed by atoms with van der Waals surface area (Å²) in [6.07, 6.45) is 1.54. The standard InChI is InChI=1S/C20H25NO3S.C2H4/c22-18-6-8-19(9-7-18)25(24)13-12-21-11-10-17(20(23)15-21)14-16-4-2-1-3-5-16;1-2/h1-9,17,20,22-23H,10-15H2;1-2H2. The lowest BCUT2D eigenvalue weighted by Crippen LogP contribution is -2.45. The van der Waals surface area contributed by atoms with Crippen molar-refractivity contribution >= 4 is 10.8 Å². The van der Waals surface area contributed by atoms with Crippen LogP contribution < -0.4 is 0 Å². The molecule has 27 heavy (non-hydrogen) atoms. The van der Waals surface area contributed by atoms with Gasteiger partial charge in [-0.25, -0.2) is 0 Å². The van der Waals surface area contributed by atoms with E-state index in [9.17, 15) is 14.4 Å². The number of benzene rings is 2. The van der Waals surface area contributed by atoms with E-state index in [1.165, 1.54) is 5.56 Å². The molecule has 1 fully saturated rings. The van der Waals surface area contributed by atoms with Gasteiger partial charge in [0, 0.05) is 23.7 Å². The minimum Gasteiger partial charge on any atom is -0.508 e. The summed E-state index contributed by atoms with van der Waals surface area (Å²) in [4.78, 5) is 2.93. The van der Waals surface area contributed by atoms with E-state index in [1.54, 1.807) is 24.3 Å². The van der Waals surface area contributed by atoms with Crippen LogP contribution in [0.15, 0.2) is 72.7 Å². The Kier molecular flexibility index (Phi) is 8.72. The molecule has 0 bridgehead atoms. The molecular weight excluding hydrogens is 358 g/mol. The number of phenols is 1. The number of piperidine rings is 1. The van der Waals surface area contributed by atoms with E-state index in [1.807, 2.05) is 18.2 Å². The van der Waals surface area contributed by atoms with Crippen LogP contribution in [0, 0.1) is 5.92 Å². The summed E-state index contributed by atoms with van der Waals surface area (Å²) >= 11 is 0. The van der Waals surface area contributed by atoms with Crippen LogP contribution in [0.5, 0.6) is 5.75 Å². The maximum Gasteiger partial charge on any atom is 0.115 e. The molecule has 146 valence electrons. The number of hydrogen-bond donors (Lipinski definition) is 2. The number of nitrogens with zero attached hydrogens (tertiary/aromatic N) is 1. The molecule has 2 aromatic rings. The molecule has 1 saturated heterocycles. The summed E-state index contributed by atoms with van der Waals surface area (Å²) in [6.45, 7) is 8.29. The number of β-amino-alcohol motifs (C(OH)–C–C–N with tert-alkyl or cyclic N) is 1. The highest BCUT2D eigenvalue weighted by Gasteiger charge is 2.27. The zero-order valence-electron chi connectivity index (χ0n) is 15.7. The Bertz CT molecular complexity index is 705. The lowest BCUT2D eigenvalue weighted by Gasteiger charge is -2.36. The van der Waals surface area contributed by atoms with Crippen LogP contribution in [0.1, 0.15) is 12.0 Å². The first kappa shape index (κ1) is 21.4. The van der Waals surface area contributed by atoms with Crippen molar-refractivity contribution in [2.45, 2.75) is 23.8 Å². The highest BCUT2D eigenvalue weighted by atomic mass is 32.2. The lowest BCUT2D eigenvalue weighted by molar-refractivity contribution is 0.0246. The first-order valence-corrected chi connectivity index (χ1v) is 10.6. The van der Waals surface area contributed by atoms with Crippen molar-refractivity contribution in [3.63, 3.8) is 0 Å². The van der Waals surface area contributed by atoms with Gasteiger partial charge in [0.05, 0.1) is 16.9 Å². The lowest BCUT2D eigenvalue weighted by atomic mass is 9.88. The molecule has 0 spiro atoms. The van der Waals surface area contributed by atoms with Crippen molar-refractivity contribution in [1.82, 2.24) is 4.90 Å². The summed E-state index contributed by atoms with van der Waals surface area (Å²) in [5.74, 6) is 1.02. The Morgan fingerprint density at radius 3 is 2.37 bits per heavy atom. The van der Waals surface area contributed by atoms with Gasteiger partial charge in [0.2, 0.25) is 0 Å². The van der Waals surface area contributed by atoms with Gasteiger partial charge in [0.1, 0.15) is 5.75 Å². The molecule has 0 radical (unpaired) electrons. The van der Waals surface area contributed by atoms with Crippen molar-refractivity contribution < 1.29 is 14.4 Å². The minimum absolute atomic E-state index is 0.185. The van der Waals surface area contributed by atoms with Gasteiger partial charge in [-0.2, -0.15) is 0 Å². The van der Waals surface area contributed by atoms with E-state index in [4.69, 9.17) is 0 Å². The summed E-state index contributed by atoms with van der Waals surface area (Å²) in [7, 11) is -1.08. The van der Waals surface area contributed by atoms with Gasteiger partial charge in [-0.05, 0) is 55.1 Å². The van der Waals surface area contributed by atoms with Gasteiger partial charge in [0.15, 0.2) is 0 Å². The Labute approximate surface area is 164 Å². The van der Waals surface area contributed by atoms with Crippen LogP contribution >= 0.6 is 0 Å². The molecule has 4 nitrogen and oxygen atoms in total. The van der Waals surface area contributed by atoms with Crippen molar-refractivity contribution in [3.8, 4) is 5.75 Å². The third-order valence-electron chi connectivity index (χ3n) is 4.84. The molecule has 3 atom stereocenters. The van der Waals surface area contributed by atoms with E-state index in [0.717, 1.165) is 24.3 Å². The van der Waals surface area contributed by atoms with Crippen LogP contribution in [0.2, 0.25) is 0 Å². The Balaban J connectivity index is 0.00000126. The van der Waals surface area contributed by atoms with Crippen molar-refractivity contribution in [2.24, 2.45) is 5.92 Å². The molecule has 3 rings (SSSR count). The fourth-order valence-electron chi connectivity index (χ4n) is 3.33. The second kappa shape index (κ2) is 11.0. The normalized spacial score (nSPS) is 21.1. The molecular formula is C22H29NO3S. The number of aromatic hydroxyl groups is 1. The summed E-state index contributed by atoms with van der Waals surface area (Å²) in [5, 5.41) is 19.8.